The molecule has 9 heteroatoms. The van der Waals surface area contributed by atoms with E-state index in [2.05, 4.69) is 10.6 Å². The van der Waals surface area contributed by atoms with Gasteiger partial charge in [-0.3, -0.25) is 4.79 Å². The molecule has 0 spiro atoms. The normalized spacial score (nSPS) is 10.4. The number of nitrogens with one attached hydrogen (secondary N) is 2. The molecule has 0 atom stereocenters. The first-order valence-corrected chi connectivity index (χ1v) is 11.1. The van der Waals surface area contributed by atoms with Gasteiger partial charge in [-0.1, -0.05) is 42.5 Å². The van der Waals surface area contributed by atoms with Crippen molar-refractivity contribution in [1.82, 2.24) is 0 Å². The van der Waals surface area contributed by atoms with Gasteiger partial charge in [0, 0.05) is 17.1 Å². The van der Waals surface area contributed by atoms with E-state index in [-0.39, 0.29) is 30.2 Å². The van der Waals surface area contributed by atoms with Crippen LogP contribution in [0.5, 0.6) is 0 Å². The van der Waals surface area contributed by atoms with Crippen molar-refractivity contribution in [3.8, 4) is 10.4 Å². The summed E-state index contributed by atoms with van der Waals surface area (Å²) in [6, 6.07) is 17.8. The van der Waals surface area contributed by atoms with Crippen LogP contribution in [0.25, 0.3) is 10.4 Å². The minimum Gasteiger partial charge on any atom is -0.462 e. The highest BCUT2D eigenvalue weighted by Crippen LogP contribution is 2.35. The van der Waals surface area contributed by atoms with Crippen molar-refractivity contribution in [2.24, 2.45) is 0 Å². The average molecular weight is 469 g/mol. The maximum absolute atomic E-state index is 12.5. The van der Waals surface area contributed by atoms with Crippen molar-refractivity contribution in [3.63, 3.8) is 0 Å². The minimum absolute atomic E-state index is 0.0970. The Hall–Kier alpha value is -3.69. The van der Waals surface area contributed by atoms with Gasteiger partial charge in [0.1, 0.15) is 4.88 Å². The number of amides is 1. The molecule has 1 aromatic heterocycles. The van der Waals surface area contributed by atoms with Crippen LogP contribution < -0.4 is 10.6 Å². The molecule has 0 aliphatic heterocycles. The maximum atomic E-state index is 12.5. The van der Waals surface area contributed by atoms with Gasteiger partial charge in [-0.25, -0.2) is 9.59 Å². The zero-order valence-corrected chi connectivity index (χ0v) is 18.8. The Kier molecular flexibility index (Phi) is 8.56. The summed E-state index contributed by atoms with van der Waals surface area (Å²) in [4.78, 5) is 38.4. The van der Waals surface area contributed by atoms with E-state index in [1.165, 1.54) is 11.3 Å². The van der Waals surface area contributed by atoms with Gasteiger partial charge in [0.25, 0.3) is 5.91 Å². The smallest absolute Gasteiger partial charge is 0.350 e. The molecule has 1 amide bonds. The molecule has 0 aliphatic rings. The molecule has 3 rings (SSSR count). The first-order chi connectivity index (χ1) is 16.0. The van der Waals surface area contributed by atoms with Crippen LogP contribution in [-0.4, -0.2) is 49.3 Å². The third-order valence-electron chi connectivity index (χ3n) is 4.43. The van der Waals surface area contributed by atoms with E-state index in [0.717, 1.165) is 10.4 Å². The molecule has 2 aromatic carbocycles. The molecule has 33 heavy (non-hydrogen) atoms. The van der Waals surface area contributed by atoms with Crippen molar-refractivity contribution < 1.29 is 29.0 Å². The Morgan fingerprint density at radius 2 is 1.67 bits per heavy atom. The number of thiophene rings is 1. The zero-order valence-electron chi connectivity index (χ0n) is 18.0. The summed E-state index contributed by atoms with van der Waals surface area (Å²) in [5.74, 6) is -1.82. The van der Waals surface area contributed by atoms with E-state index in [1.807, 2.05) is 30.3 Å². The molecule has 0 saturated carbocycles. The van der Waals surface area contributed by atoms with Crippen LogP contribution in [0.4, 0.5) is 11.4 Å². The van der Waals surface area contributed by atoms with Gasteiger partial charge in [0.15, 0.2) is 6.61 Å². The highest BCUT2D eigenvalue weighted by atomic mass is 32.1. The van der Waals surface area contributed by atoms with Gasteiger partial charge >= 0.3 is 11.9 Å². The lowest BCUT2D eigenvalue weighted by Gasteiger charge is -2.11. The summed E-state index contributed by atoms with van der Waals surface area (Å²) in [7, 11) is 0. The third kappa shape index (κ3) is 6.41. The van der Waals surface area contributed by atoms with E-state index in [0.29, 0.717) is 11.4 Å². The number of anilines is 2. The number of esters is 2. The lowest BCUT2D eigenvalue weighted by Crippen LogP contribution is -2.22. The van der Waals surface area contributed by atoms with Crippen molar-refractivity contribution >= 4 is 40.6 Å². The van der Waals surface area contributed by atoms with E-state index in [4.69, 9.17) is 14.6 Å². The summed E-state index contributed by atoms with van der Waals surface area (Å²) in [6.45, 7) is 1.54. The highest BCUT2D eigenvalue weighted by Gasteiger charge is 2.21. The van der Waals surface area contributed by atoms with Crippen molar-refractivity contribution in [2.75, 3.05) is 37.0 Å². The average Bonchev–Trinajstić information content (AvgIpc) is 3.26. The lowest BCUT2D eigenvalue weighted by atomic mass is 10.2. The fourth-order valence-electron chi connectivity index (χ4n) is 2.98. The number of hydrogen-bond donors (Lipinski definition) is 3. The molecule has 0 unspecified atom stereocenters. The number of hydrogen-bond acceptors (Lipinski definition) is 8. The highest BCUT2D eigenvalue weighted by molar-refractivity contribution is 7.18. The van der Waals surface area contributed by atoms with Crippen LogP contribution in [0.15, 0.2) is 60.7 Å². The molecular weight excluding hydrogens is 444 g/mol. The first kappa shape index (κ1) is 24.0. The Morgan fingerprint density at radius 3 is 2.39 bits per heavy atom. The second kappa shape index (κ2) is 11.8. The number of rotatable bonds is 10. The molecule has 0 radical (unpaired) electrons. The van der Waals surface area contributed by atoms with Crippen molar-refractivity contribution in [2.45, 2.75) is 6.92 Å². The van der Waals surface area contributed by atoms with Crippen LogP contribution in [0.1, 0.15) is 27.0 Å². The molecule has 172 valence electrons. The molecule has 0 bridgehead atoms. The summed E-state index contributed by atoms with van der Waals surface area (Å²) in [5.41, 5.74) is 1.93. The first-order valence-electron chi connectivity index (χ1n) is 10.3. The number of aliphatic hydroxyl groups is 1. The summed E-state index contributed by atoms with van der Waals surface area (Å²) in [5, 5.41) is 14.5. The number of benzene rings is 2. The molecule has 0 aliphatic carbocycles. The zero-order chi connectivity index (χ0) is 23.6. The van der Waals surface area contributed by atoms with Crippen LogP contribution in [0.2, 0.25) is 0 Å². The molecule has 0 saturated heterocycles. The van der Waals surface area contributed by atoms with Gasteiger partial charge < -0.3 is 25.2 Å². The van der Waals surface area contributed by atoms with E-state index in [1.54, 1.807) is 37.3 Å². The van der Waals surface area contributed by atoms with Crippen LogP contribution >= 0.6 is 11.3 Å². The molecule has 3 N–H and O–H groups in total. The monoisotopic (exact) mass is 468 g/mol. The lowest BCUT2D eigenvalue weighted by molar-refractivity contribution is -0.119. The Morgan fingerprint density at radius 1 is 0.939 bits per heavy atom. The van der Waals surface area contributed by atoms with E-state index < -0.39 is 24.5 Å². The molecule has 8 nitrogen and oxygen atoms in total. The fraction of sp³-hybridized carbons (Fsp3) is 0.208. The summed E-state index contributed by atoms with van der Waals surface area (Å²) >= 11 is 1.21. The van der Waals surface area contributed by atoms with Gasteiger partial charge in [0.05, 0.1) is 24.5 Å². The number of carbonyl (C=O) groups excluding carboxylic acids is 3. The Bertz CT molecular complexity index is 1110. The van der Waals surface area contributed by atoms with Gasteiger partial charge in [0.2, 0.25) is 0 Å². The number of carbonyl (C=O) groups is 3. The van der Waals surface area contributed by atoms with Crippen LogP contribution in [0.3, 0.4) is 0 Å². The number of aliphatic hydroxyl groups excluding tert-OH is 1. The van der Waals surface area contributed by atoms with Gasteiger partial charge in [-0.2, -0.15) is 0 Å². The standard InChI is InChI=1S/C24H24N2O6S/c1-2-31-24(30)22-19(14-20(33-22)16-8-4-3-5-9-16)26-21(28)15-32-23(29)17-10-6-7-11-18(17)25-12-13-27/h3-11,14,25,27H,2,12-13,15H2,1H3,(H,26,28). The molecule has 3 aromatic rings. The number of ether oxygens (including phenoxy) is 2. The SMILES string of the molecule is CCOC(=O)c1sc(-c2ccccc2)cc1NC(=O)COC(=O)c1ccccc1NCCO. The number of para-hydroxylation sites is 1. The van der Waals surface area contributed by atoms with Gasteiger partial charge in [-0.05, 0) is 30.7 Å². The third-order valence-corrected chi connectivity index (χ3v) is 5.60. The second-order valence-electron chi connectivity index (χ2n) is 6.76. The topological polar surface area (TPSA) is 114 Å². The Labute approximate surface area is 195 Å². The predicted molar refractivity (Wildman–Crippen MR) is 127 cm³/mol. The molecular formula is C24H24N2O6S. The quantitative estimate of drug-likeness (QED) is 0.388. The van der Waals surface area contributed by atoms with Gasteiger partial charge in [-0.15, -0.1) is 11.3 Å². The van der Waals surface area contributed by atoms with E-state index >= 15 is 0 Å². The fourth-order valence-corrected chi connectivity index (χ4v) is 3.99. The van der Waals surface area contributed by atoms with E-state index in [9.17, 15) is 14.4 Å². The summed E-state index contributed by atoms with van der Waals surface area (Å²) in [6.07, 6.45) is 0. The largest absolute Gasteiger partial charge is 0.462 e. The van der Waals surface area contributed by atoms with Crippen LogP contribution in [0, 0.1) is 0 Å². The van der Waals surface area contributed by atoms with Crippen LogP contribution in [-0.2, 0) is 14.3 Å². The van der Waals surface area contributed by atoms with Crippen molar-refractivity contribution in [1.29, 1.82) is 0 Å². The Balaban J connectivity index is 1.70. The molecule has 0 fully saturated rings. The minimum atomic E-state index is -0.688. The predicted octanol–water partition coefficient (Wildman–Crippen LogP) is 3.79. The maximum Gasteiger partial charge on any atom is 0.350 e. The summed E-state index contributed by atoms with van der Waals surface area (Å²) < 4.78 is 10.3. The molecule has 1 heterocycles. The van der Waals surface area contributed by atoms with Crippen molar-refractivity contribution in [3.05, 3.63) is 71.1 Å². The second-order valence-corrected chi connectivity index (χ2v) is 7.81.